The zero-order valence-corrected chi connectivity index (χ0v) is 14.6. The van der Waals surface area contributed by atoms with Crippen molar-refractivity contribution in [3.63, 3.8) is 0 Å². The first-order chi connectivity index (χ1) is 11.9. The SMILES string of the molecule is CC(C)[C@H](NC(=O)c1cccs1)C(=O)OCC(=O)c1cccc(F)c1. The van der Waals surface area contributed by atoms with Gasteiger partial charge in [0.1, 0.15) is 11.9 Å². The number of ketones is 1. The van der Waals surface area contributed by atoms with Crippen molar-refractivity contribution >= 4 is 29.0 Å². The smallest absolute Gasteiger partial charge is 0.329 e. The van der Waals surface area contributed by atoms with E-state index in [0.717, 1.165) is 6.07 Å². The number of hydrogen-bond donors (Lipinski definition) is 1. The standard InChI is InChI=1S/C18H18FNO4S/c1-11(2)16(20-17(22)15-7-4-8-25-15)18(23)24-10-14(21)12-5-3-6-13(19)9-12/h3-9,11,16H,10H2,1-2H3,(H,20,22)/t16-/m0/s1. The van der Waals surface area contributed by atoms with Gasteiger partial charge in [0.2, 0.25) is 0 Å². The molecule has 2 rings (SSSR count). The van der Waals surface area contributed by atoms with Crippen LogP contribution in [0, 0.1) is 11.7 Å². The van der Waals surface area contributed by atoms with Gasteiger partial charge in [0.25, 0.3) is 5.91 Å². The number of rotatable bonds is 7. The van der Waals surface area contributed by atoms with Crippen LogP contribution in [0.25, 0.3) is 0 Å². The number of carbonyl (C=O) groups excluding carboxylic acids is 3. The molecule has 5 nitrogen and oxygen atoms in total. The Hall–Kier alpha value is -2.54. The highest BCUT2D eigenvalue weighted by Crippen LogP contribution is 2.11. The lowest BCUT2D eigenvalue weighted by Gasteiger charge is -2.20. The summed E-state index contributed by atoms with van der Waals surface area (Å²) in [6.45, 7) is 3.00. The van der Waals surface area contributed by atoms with E-state index in [-0.39, 0.29) is 17.4 Å². The van der Waals surface area contributed by atoms with Crippen LogP contribution in [0.3, 0.4) is 0 Å². The number of thiophene rings is 1. The highest BCUT2D eigenvalue weighted by Gasteiger charge is 2.27. The lowest BCUT2D eigenvalue weighted by atomic mass is 10.0. The monoisotopic (exact) mass is 363 g/mol. The van der Waals surface area contributed by atoms with Gasteiger partial charge in [-0.25, -0.2) is 9.18 Å². The molecule has 7 heteroatoms. The number of nitrogens with one attached hydrogen (secondary N) is 1. The Morgan fingerprint density at radius 3 is 2.56 bits per heavy atom. The Balaban J connectivity index is 1.96. The molecule has 25 heavy (non-hydrogen) atoms. The summed E-state index contributed by atoms with van der Waals surface area (Å²) in [7, 11) is 0. The van der Waals surface area contributed by atoms with Crippen molar-refractivity contribution in [3.8, 4) is 0 Å². The van der Waals surface area contributed by atoms with Crippen LogP contribution in [0.5, 0.6) is 0 Å². The molecule has 0 bridgehead atoms. The predicted molar refractivity (Wildman–Crippen MR) is 92.1 cm³/mol. The molecule has 1 amide bonds. The summed E-state index contributed by atoms with van der Waals surface area (Å²) in [4.78, 5) is 36.8. The van der Waals surface area contributed by atoms with Crippen molar-refractivity contribution in [2.45, 2.75) is 19.9 Å². The lowest BCUT2D eigenvalue weighted by Crippen LogP contribution is -2.45. The van der Waals surface area contributed by atoms with Crippen LogP contribution in [0.15, 0.2) is 41.8 Å². The molecule has 0 saturated heterocycles. The second-order valence-electron chi connectivity index (χ2n) is 5.71. The fourth-order valence-corrected chi connectivity index (χ4v) is 2.72. The zero-order chi connectivity index (χ0) is 18.4. The number of halogens is 1. The molecule has 1 heterocycles. The zero-order valence-electron chi connectivity index (χ0n) is 13.8. The van der Waals surface area contributed by atoms with E-state index in [1.807, 2.05) is 0 Å². The fraction of sp³-hybridized carbons (Fsp3) is 0.278. The second kappa shape index (κ2) is 8.53. The van der Waals surface area contributed by atoms with Crippen LogP contribution in [0.4, 0.5) is 4.39 Å². The second-order valence-corrected chi connectivity index (χ2v) is 6.66. The number of carbonyl (C=O) groups is 3. The van der Waals surface area contributed by atoms with E-state index in [4.69, 9.17) is 4.74 Å². The third-order valence-electron chi connectivity index (χ3n) is 3.44. The van der Waals surface area contributed by atoms with Gasteiger partial charge in [-0.15, -0.1) is 11.3 Å². The van der Waals surface area contributed by atoms with E-state index >= 15 is 0 Å². The number of amides is 1. The number of benzene rings is 1. The molecule has 1 aromatic carbocycles. The summed E-state index contributed by atoms with van der Waals surface area (Å²) >= 11 is 1.26. The molecule has 0 unspecified atom stereocenters. The molecule has 0 aliphatic rings. The first kappa shape index (κ1) is 18.8. The molecule has 0 fully saturated rings. The maximum Gasteiger partial charge on any atom is 0.329 e. The molecule has 0 aliphatic carbocycles. The van der Waals surface area contributed by atoms with Gasteiger partial charge in [-0.2, -0.15) is 0 Å². The Labute approximate surface area is 148 Å². The first-order valence-corrected chi connectivity index (χ1v) is 8.56. The largest absolute Gasteiger partial charge is 0.456 e. The molecule has 132 valence electrons. The minimum atomic E-state index is -0.880. The topological polar surface area (TPSA) is 72.5 Å². The molecule has 0 saturated carbocycles. The predicted octanol–water partition coefficient (Wildman–Crippen LogP) is 3.07. The number of Topliss-reactive ketones (excluding diaryl/α,β-unsaturated/α-hetero) is 1. The van der Waals surface area contributed by atoms with Crippen LogP contribution < -0.4 is 5.32 Å². The van der Waals surface area contributed by atoms with Gasteiger partial charge in [-0.1, -0.05) is 32.0 Å². The molecule has 2 aromatic rings. The molecule has 1 aromatic heterocycles. The minimum Gasteiger partial charge on any atom is -0.456 e. The van der Waals surface area contributed by atoms with E-state index in [1.54, 1.807) is 31.4 Å². The van der Waals surface area contributed by atoms with Gasteiger partial charge >= 0.3 is 5.97 Å². The quantitative estimate of drug-likeness (QED) is 0.606. The maximum absolute atomic E-state index is 13.1. The van der Waals surface area contributed by atoms with Crippen molar-refractivity contribution in [2.75, 3.05) is 6.61 Å². The minimum absolute atomic E-state index is 0.122. The number of esters is 1. The van der Waals surface area contributed by atoms with Gasteiger partial charge in [-0.3, -0.25) is 9.59 Å². The van der Waals surface area contributed by atoms with Crippen molar-refractivity contribution in [3.05, 3.63) is 58.0 Å². The molecule has 1 atom stereocenters. The first-order valence-electron chi connectivity index (χ1n) is 7.68. The van der Waals surface area contributed by atoms with Gasteiger partial charge in [-0.05, 0) is 29.5 Å². The van der Waals surface area contributed by atoms with Gasteiger partial charge in [0, 0.05) is 5.56 Å². The fourth-order valence-electron chi connectivity index (χ4n) is 2.09. The summed E-state index contributed by atoms with van der Waals surface area (Å²) < 4.78 is 18.1. The lowest BCUT2D eigenvalue weighted by molar-refractivity contribution is -0.145. The summed E-state index contributed by atoms with van der Waals surface area (Å²) in [5, 5.41) is 4.38. The molecular formula is C18H18FNO4S. The number of hydrogen-bond acceptors (Lipinski definition) is 5. The van der Waals surface area contributed by atoms with E-state index in [9.17, 15) is 18.8 Å². The third-order valence-corrected chi connectivity index (χ3v) is 4.31. The summed E-state index contributed by atoms with van der Waals surface area (Å²) in [6.07, 6.45) is 0. The maximum atomic E-state index is 13.1. The van der Waals surface area contributed by atoms with Gasteiger partial charge < -0.3 is 10.1 Å². The molecule has 1 N–H and O–H groups in total. The van der Waals surface area contributed by atoms with E-state index in [0.29, 0.717) is 4.88 Å². The Bertz CT molecular complexity index is 758. The molecule has 0 radical (unpaired) electrons. The van der Waals surface area contributed by atoms with Crippen LogP contribution in [-0.2, 0) is 9.53 Å². The van der Waals surface area contributed by atoms with Crippen molar-refractivity contribution in [2.24, 2.45) is 5.92 Å². The van der Waals surface area contributed by atoms with Crippen molar-refractivity contribution in [1.82, 2.24) is 5.32 Å². The molecule has 0 aliphatic heterocycles. The normalized spacial score (nSPS) is 11.8. The molecule has 0 spiro atoms. The molecular weight excluding hydrogens is 345 g/mol. The Kier molecular flexibility index (Phi) is 6.41. The van der Waals surface area contributed by atoms with E-state index in [1.165, 1.54) is 29.5 Å². The van der Waals surface area contributed by atoms with Crippen molar-refractivity contribution < 1.29 is 23.5 Å². The van der Waals surface area contributed by atoms with Crippen LogP contribution in [0.2, 0.25) is 0 Å². The van der Waals surface area contributed by atoms with Gasteiger partial charge in [0.15, 0.2) is 12.4 Å². The van der Waals surface area contributed by atoms with Crippen LogP contribution >= 0.6 is 11.3 Å². The summed E-state index contributed by atoms with van der Waals surface area (Å²) in [5.74, 6) is -2.35. The Morgan fingerprint density at radius 2 is 1.96 bits per heavy atom. The summed E-state index contributed by atoms with van der Waals surface area (Å²) in [6, 6.07) is 7.65. The van der Waals surface area contributed by atoms with Crippen molar-refractivity contribution in [1.29, 1.82) is 0 Å². The van der Waals surface area contributed by atoms with Crippen LogP contribution in [-0.4, -0.2) is 30.3 Å². The highest BCUT2D eigenvalue weighted by atomic mass is 32.1. The van der Waals surface area contributed by atoms with Gasteiger partial charge in [0.05, 0.1) is 4.88 Å². The third kappa shape index (κ3) is 5.22. The van der Waals surface area contributed by atoms with E-state index < -0.39 is 30.2 Å². The average Bonchev–Trinajstić information content (AvgIpc) is 3.11. The average molecular weight is 363 g/mol. The van der Waals surface area contributed by atoms with Crippen LogP contribution in [0.1, 0.15) is 33.9 Å². The van der Waals surface area contributed by atoms with E-state index in [2.05, 4.69) is 5.32 Å². The summed E-state index contributed by atoms with van der Waals surface area (Å²) in [5.41, 5.74) is 0.122. The highest BCUT2D eigenvalue weighted by molar-refractivity contribution is 7.12. The Morgan fingerprint density at radius 1 is 1.20 bits per heavy atom. The number of ether oxygens (including phenoxy) is 1.